The number of halogens is 1. The van der Waals surface area contributed by atoms with Gasteiger partial charge in [0.05, 0.1) is 0 Å². The number of allylic oxidation sites excluding steroid dienone is 1. The van der Waals surface area contributed by atoms with Gasteiger partial charge in [-0.05, 0) is 0 Å². The first kappa shape index (κ1) is 9.60. The van der Waals surface area contributed by atoms with E-state index in [9.17, 15) is 9.59 Å². The van der Waals surface area contributed by atoms with Crippen LogP contribution < -0.4 is 17.0 Å². The van der Waals surface area contributed by atoms with E-state index in [4.69, 9.17) is 17.3 Å². The lowest BCUT2D eigenvalue weighted by molar-refractivity contribution is 0.739. The summed E-state index contributed by atoms with van der Waals surface area (Å²) in [4.78, 5) is 24.0. The fourth-order valence-electron chi connectivity index (χ4n) is 0.815. The third kappa shape index (κ3) is 2.22. The molecule has 0 aromatic carbocycles. The molecule has 5 nitrogen and oxygen atoms in total. The van der Waals surface area contributed by atoms with Crippen LogP contribution in [-0.4, -0.2) is 9.55 Å². The van der Waals surface area contributed by atoms with Crippen molar-refractivity contribution in [2.45, 2.75) is 6.54 Å². The number of H-pyrrole nitrogens is 1. The van der Waals surface area contributed by atoms with Gasteiger partial charge in [0.1, 0.15) is 5.69 Å². The summed E-state index contributed by atoms with van der Waals surface area (Å²) in [7, 11) is 0. The van der Waals surface area contributed by atoms with Crippen molar-refractivity contribution < 1.29 is 0 Å². The van der Waals surface area contributed by atoms with Crippen molar-refractivity contribution in [2.75, 3.05) is 5.73 Å². The predicted octanol–water partition coefficient (Wildman–Crippen LogP) is -0.129. The molecule has 3 N–H and O–H groups in total. The van der Waals surface area contributed by atoms with Gasteiger partial charge in [-0.2, -0.15) is 0 Å². The molecule has 0 aliphatic heterocycles. The lowest BCUT2D eigenvalue weighted by Gasteiger charge is -2.00. The predicted molar refractivity (Wildman–Crippen MR) is 50.7 cm³/mol. The van der Waals surface area contributed by atoms with Crippen LogP contribution in [0.15, 0.2) is 27.4 Å². The number of hydrogen-bond acceptors (Lipinski definition) is 3. The number of rotatable bonds is 2. The molecule has 0 saturated carbocycles. The Bertz CT molecular complexity index is 432. The first-order chi connectivity index (χ1) is 6.15. The molecule has 1 aromatic heterocycles. The fraction of sp³-hybridized carbons (Fsp3) is 0.143. The molecule has 0 aliphatic rings. The molecule has 1 heterocycles. The molecule has 1 rings (SSSR count). The summed E-state index contributed by atoms with van der Waals surface area (Å²) >= 11 is 5.28. The van der Waals surface area contributed by atoms with Gasteiger partial charge in [-0.3, -0.25) is 14.3 Å². The normalized spacial score (nSPS) is 10.8. The number of nitrogens with one attached hydrogen (secondary N) is 1. The summed E-state index contributed by atoms with van der Waals surface area (Å²) in [5, 5.41) is 0. The zero-order valence-electron chi connectivity index (χ0n) is 6.66. The summed E-state index contributed by atoms with van der Waals surface area (Å²) < 4.78 is 1.25. The zero-order valence-corrected chi connectivity index (χ0v) is 7.41. The van der Waals surface area contributed by atoms with E-state index < -0.39 is 11.2 Å². The van der Waals surface area contributed by atoms with Gasteiger partial charge in [0.15, 0.2) is 0 Å². The second kappa shape index (κ2) is 3.95. The van der Waals surface area contributed by atoms with Crippen LogP contribution >= 0.6 is 11.6 Å². The molecule has 0 amide bonds. The summed E-state index contributed by atoms with van der Waals surface area (Å²) in [5.41, 5.74) is 5.51. The van der Waals surface area contributed by atoms with Crippen LogP contribution in [0.4, 0.5) is 5.69 Å². The highest BCUT2D eigenvalue weighted by atomic mass is 35.5. The molecule has 1 aromatic rings. The van der Waals surface area contributed by atoms with Crippen LogP contribution in [0.25, 0.3) is 0 Å². The molecule has 0 fully saturated rings. The number of nitrogens with two attached hydrogens (primary N) is 1. The van der Waals surface area contributed by atoms with Gasteiger partial charge in [-0.1, -0.05) is 17.7 Å². The maximum Gasteiger partial charge on any atom is 0.328 e. The van der Waals surface area contributed by atoms with Crippen molar-refractivity contribution in [3.63, 3.8) is 0 Å². The topological polar surface area (TPSA) is 80.9 Å². The van der Waals surface area contributed by atoms with E-state index in [-0.39, 0.29) is 12.2 Å². The Labute approximate surface area is 78.5 Å². The first-order valence-electron chi connectivity index (χ1n) is 3.49. The lowest BCUT2D eigenvalue weighted by atomic mass is 10.5. The van der Waals surface area contributed by atoms with Crippen LogP contribution in [0.3, 0.4) is 0 Å². The van der Waals surface area contributed by atoms with Crippen molar-refractivity contribution in [3.8, 4) is 0 Å². The minimum Gasteiger partial charge on any atom is -0.393 e. The number of aromatic amines is 1. The average Bonchev–Trinajstić information content (AvgIpc) is 2.09. The van der Waals surface area contributed by atoms with Gasteiger partial charge in [-0.25, -0.2) is 4.79 Å². The molecule has 70 valence electrons. The Kier molecular flexibility index (Phi) is 2.92. The number of nitrogen functional groups attached to an aromatic ring is 1. The molecule has 0 radical (unpaired) electrons. The summed E-state index contributed by atoms with van der Waals surface area (Å²) in [6, 6.07) is 0. The van der Waals surface area contributed by atoms with Gasteiger partial charge in [-0.15, -0.1) is 0 Å². The molecule has 0 atom stereocenters. The molecule has 0 unspecified atom stereocenters. The van der Waals surface area contributed by atoms with Crippen molar-refractivity contribution in [1.29, 1.82) is 0 Å². The maximum atomic E-state index is 11.1. The van der Waals surface area contributed by atoms with Crippen molar-refractivity contribution in [3.05, 3.63) is 38.6 Å². The number of anilines is 1. The minimum atomic E-state index is -0.573. The lowest BCUT2D eigenvalue weighted by Crippen LogP contribution is -2.30. The fourth-order valence-corrected chi connectivity index (χ4v) is 0.895. The smallest absolute Gasteiger partial charge is 0.328 e. The molecular weight excluding hydrogens is 194 g/mol. The van der Waals surface area contributed by atoms with E-state index in [2.05, 4.69) is 4.98 Å². The quantitative estimate of drug-likeness (QED) is 0.700. The van der Waals surface area contributed by atoms with Gasteiger partial charge in [0, 0.05) is 18.3 Å². The summed E-state index contributed by atoms with van der Waals surface area (Å²) in [6.45, 7) is 0.281. The van der Waals surface area contributed by atoms with Crippen molar-refractivity contribution in [2.24, 2.45) is 0 Å². The third-order valence-electron chi connectivity index (χ3n) is 1.43. The van der Waals surface area contributed by atoms with E-state index in [1.807, 2.05) is 0 Å². The SMILES string of the molecule is Nc1cn(C/C=C/Cl)c(=O)[nH]c1=O. The Balaban J connectivity index is 3.16. The largest absolute Gasteiger partial charge is 0.393 e. The molecule has 0 bridgehead atoms. The van der Waals surface area contributed by atoms with Gasteiger partial charge in [0.2, 0.25) is 0 Å². The highest BCUT2D eigenvalue weighted by Crippen LogP contribution is 1.88. The van der Waals surface area contributed by atoms with Crippen molar-refractivity contribution in [1.82, 2.24) is 9.55 Å². The van der Waals surface area contributed by atoms with E-state index in [1.165, 1.54) is 16.3 Å². The van der Waals surface area contributed by atoms with Gasteiger partial charge >= 0.3 is 5.69 Å². The monoisotopic (exact) mass is 201 g/mol. The maximum absolute atomic E-state index is 11.1. The molecule has 0 aliphatic carbocycles. The van der Waals surface area contributed by atoms with Gasteiger partial charge in [0.25, 0.3) is 5.56 Å². The molecule has 13 heavy (non-hydrogen) atoms. The Hall–Kier alpha value is -1.49. The number of aromatic nitrogens is 2. The van der Waals surface area contributed by atoms with E-state index in [0.29, 0.717) is 0 Å². The van der Waals surface area contributed by atoms with E-state index in [1.54, 1.807) is 6.08 Å². The number of nitrogens with zero attached hydrogens (tertiary/aromatic N) is 1. The Morgan fingerprint density at radius 2 is 2.31 bits per heavy atom. The molecule has 0 saturated heterocycles. The molecule has 6 heteroatoms. The standard InChI is InChI=1S/C7H8ClN3O2/c8-2-1-3-11-4-5(9)6(12)10-7(11)13/h1-2,4H,3,9H2,(H,10,12,13)/b2-1+. The highest BCUT2D eigenvalue weighted by Gasteiger charge is 1.98. The van der Waals surface area contributed by atoms with Gasteiger partial charge < -0.3 is 5.73 Å². The van der Waals surface area contributed by atoms with Crippen LogP contribution in [0.5, 0.6) is 0 Å². The Morgan fingerprint density at radius 1 is 1.62 bits per heavy atom. The second-order valence-electron chi connectivity index (χ2n) is 2.36. The second-order valence-corrected chi connectivity index (χ2v) is 2.61. The Morgan fingerprint density at radius 3 is 2.92 bits per heavy atom. The van der Waals surface area contributed by atoms with Crippen LogP contribution in [0, 0.1) is 0 Å². The molecular formula is C7H8ClN3O2. The highest BCUT2D eigenvalue weighted by molar-refractivity contribution is 6.25. The van der Waals surface area contributed by atoms with Crippen LogP contribution in [0.1, 0.15) is 0 Å². The van der Waals surface area contributed by atoms with Crippen molar-refractivity contribution >= 4 is 17.3 Å². The van der Waals surface area contributed by atoms with Crippen LogP contribution in [-0.2, 0) is 6.54 Å². The number of hydrogen-bond donors (Lipinski definition) is 2. The average molecular weight is 202 g/mol. The minimum absolute atomic E-state index is 0.00238. The molecule has 0 spiro atoms. The van der Waals surface area contributed by atoms with E-state index >= 15 is 0 Å². The van der Waals surface area contributed by atoms with E-state index in [0.717, 1.165) is 0 Å². The van der Waals surface area contributed by atoms with Crippen LogP contribution in [0.2, 0.25) is 0 Å². The summed E-state index contributed by atoms with van der Waals surface area (Å²) in [5.74, 6) is 0. The summed E-state index contributed by atoms with van der Waals surface area (Å²) in [6.07, 6.45) is 2.83. The zero-order chi connectivity index (χ0) is 9.84. The first-order valence-corrected chi connectivity index (χ1v) is 3.93. The third-order valence-corrected chi connectivity index (χ3v) is 1.61.